The summed E-state index contributed by atoms with van der Waals surface area (Å²) in [6, 6.07) is 22.5. The van der Waals surface area contributed by atoms with E-state index in [1.54, 1.807) is 0 Å². The van der Waals surface area contributed by atoms with E-state index in [9.17, 15) is 0 Å². The molecule has 0 fully saturated rings. The number of benzene rings is 4. The Morgan fingerprint density at radius 2 is 0.864 bits per heavy atom. The van der Waals surface area contributed by atoms with Crippen LogP contribution in [0, 0.1) is 0 Å². The fourth-order valence-electron chi connectivity index (χ4n) is 3.69. The van der Waals surface area contributed by atoms with Crippen molar-refractivity contribution < 1.29 is 0 Å². The average molecular weight is 284 g/mol. The second kappa shape index (κ2) is 5.14. The molecule has 108 valence electrons. The van der Waals surface area contributed by atoms with Crippen molar-refractivity contribution >= 4 is 32.3 Å². The van der Waals surface area contributed by atoms with E-state index < -0.39 is 0 Å². The molecule has 0 amide bonds. The lowest BCUT2D eigenvalue weighted by atomic mass is 9.90. The Morgan fingerprint density at radius 1 is 0.500 bits per heavy atom. The van der Waals surface area contributed by atoms with E-state index in [1.807, 2.05) is 0 Å². The summed E-state index contributed by atoms with van der Waals surface area (Å²) in [6.45, 7) is 4.49. The van der Waals surface area contributed by atoms with Crippen LogP contribution < -0.4 is 0 Å². The van der Waals surface area contributed by atoms with Crippen molar-refractivity contribution in [2.45, 2.75) is 26.7 Å². The molecule has 0 aliphatic heterocycles. The minimum Gasteiger partial charge on any atom is -0.0616 e. The molecule has 4 aromatic rings. The lowest BCUT2D eigenvalue weighted by Crippen LogP contribution is -1.91. The summed E-state index contributed by atoms with van der Waals surface area (Å²) in [6.07, 6.45) is 2.14. The highest BCUT2D eigenvalue weighted by Gasteiger charge is 2.10. The molecule has 0 heterocycles. The van der Waals surface area contributed by atoms with Gasteiger partial charge in [0.1, 0.15) is 0 Å². The molecule has 0 spiro atoms. The summed E-state index contributed by atoms with van der Waals surface area (Å²) in [4.78, 5) is 0. The first kappa shape index (κ1) is 13.3. The van der Waals surface area contributed by atoms with Gasteiger partial charge >= 0.3 is 0 Å². The summed E-state index contributed by atoms with van der Waals surface area (Å²) in [5.41, 5.74) is 2.88. The highest BCUT2D eigenvalue weighted by molar-refractivity contribution is 6.18. The highest BCUT2D eigenvalue weighted by Crippen LogP contribution is 2.35. The van der Waals surface area contributed by atoms with Gasteiger partial charge in [-0.3, -0.25) is 0 Å². The zero-order valence-electron chi connectivity index (χ0n) is 13.2. The van der Waals surface area contributed by atoms with Crippen molar-refractivity contribution in [3.8, 4) is 0 Å². The van der Waals surface area contributed by atoms with Crippen molar-refractivity contribution in [1.82, 2.24) is 0 Å². The first-order chi connectivity index (χ1) is 10.8. The molecule has 0 saturated heterocycles. The van der Waals surface area contributed by atoms with E-state index in [4.69, 9.17) is 0 Å². The van der Waals surface area contributed by atoms with Crippen LogP contribution in [0.1, 0.15) is 25.0 Å². The fraction of sp³-hybridized carbons (Fsp3) is 0.182. The lowest BCUT2D eigenvalue weighted by Gasteiger charge is -2.14. The zero-order valence-corrected chi connectivity index (χ0v) is 13.2. The maximum atomic E-state index is 2.40. The van der Waals surface area contributed by atoms with Gasteiger partial charge in [-0.05, 0) is 68.4 Å². The van der Waals surface area contributed by atoms with Crippen molar-refractivity contribution in [1.29, 1.82) is 0 Å². The van der Waals surface area contributed by atoms with Crippen LogP contribution >= 0.6 is 0 Å². The summed E-state index contributed by atoms with van der Waals surface area (Å²) >= 11 is 0. The van der Waals surface area contributed by atoms with Crippen LogP contribution in [-0.4, -0.2) is 0 Å². The topological polar surface area (TPSA) is 0 Å². The van der Waals surface area contributed by atoms with Gasteiger partial charge in [-0.15, -0.1) is 0 Å². The maximum Gasteiger partial charge on any atom is -0.00960 e. The molecule has 0 radical (unpaired) electrons. The van der Waals surface area contributed by atoms with E-state index in [1.165, 1.54) is 43.4 Å². The number of fused-ring (bicyclic) bond motifs is 5. The third kappa shape index (κ3) is 1.84. The van der Waals surface area contributed by atoms with Crippen molar-refractivity contribution in [2.24, 2.45) is 0 Å². The number of rotatable bonds is 2. The average Bonchev–Trinajstić information content (AvgIpc) is 2.60. The molecule has 4 rings (SSSR count). The molecule has 0 aliphatic rings. The largest absolute Gasteiger partial charge is 0.0616 e. The predicted octanol–water partition coefficient (Wildman–Crippen LogP) is 6.27. The molecule has 22 heavy (non-hydrogen) atoms. The van der Waals surface area contributed by atoms with Gasteiger partial charge in [0.2, 0.25) is 0 Å². The Bertz CT molecular complexity index is 910. The van der Waals surface area contributed by atoms with Crippen LogP contribution in [0.4, 0.5) is 0 Å². The fourth-order valence-corrected chi connectivity index (χ4v) is 3.69. The van der Waals surface area contributed by atoms with Gasteiger partial charge < -0.3 is 0 Å². The minimum atomic E-state index is 1.07. The highest BCUT2D eigenvalue weighted by atomic mass is 14.1. The molecule has 0 aliphatic carbocycles. The first-order valence-electron chi connectivity index (χ1n) is 8.18. The molecule has 0 heteroatoms. The molecule has 0 nitrogen and oxygen atoms in total. The summed E-state index contributed by atoms with van der Waals surface area (Å²) < 4.78 is 0. The van der Waals surface area contributed by atoms with Crippen molar-refractivity contribution in [3.05, 3.63) is 71.8 Å². The van der Waals surface area contributed by atoms with Gasteiger partial charge in [0.05, 0.1) is 0 Å². The smallest absolute Gasteiger partial charge is 0.00960 e. The molecule has 0 atom stereocenters. The SMILES string of the molecule is CCc1cc2c3ccccc3c(CC)cc2c2ccccc12. The van der Waals surface area contributed by atoms with E-state index in [0.29, 0.717) is 0 Å². The maximum absolute atomic E-state index is 2.40. The molecule has 0 N–H and O–H groups in total. The Morgan fingerprint density at radius 3 is 1.23 bits per heavy atom. The standard InChI is InChI=1S/C22H20/c1-3-15-13-21-20-12-8-6-10-18(20)16(4-2)14-22(21)19-11-7-5-9-17(15)19/h5-14H,3-4H2,1-2H3. The molecule has 0 saturated carbocycles. The Balaban J connectivity index is 2.31. The molecule has 0 aromatic heterocycles. The summed E-state index contributed by atoms with van der Waals surface area (Å²) in [7, 11) is 0. The first-order valence-corrected chi connectivity index (χ1v) is 8.18. The van der Waals surface area contributed by atoms with Gasteiger partial charge in [-0.1, -0.05) is 62.4 Å². The number of hydrogen-bond acceptors (Lipinski definition) is 0. The number of aryl methyl sites for hydroxylation is 2. The quantitative estimate of drug-likeness (QED) is 0.380. The molecule has 0 unspecified atom stereocenters. The Hall–Kier alpha value is -2.34. The Labute approximate surface area is 131 Å². The van der Waals surface area contributed by atoms with Crippen LogP contribution in [0.3, 0.4) is 0 Å². The summed E-state index contributed by atoms with van der Waals surface area (Å²) in [5, 5.41) is 8.35. The van der Waals surface area contributed by atoms with Gasteiger partial charge in [-0.2, -0.15) is 0 Å². The van der Waals surface area contributed by atoms with Crippen LogP contribution in [0.25, 0.3) is 32.3 Å². The molecular formula is C22H20. The van der Waals surface area contributed by atoms with Gasteiger partial charge in [-0.25, -0.2) is 0 Å². The number of hydrogen-bond donors (Lipinski definition) is 0. The summed E-state index contributed by atoms with van der Waals surface area (Å²) in [5.74, 6) is 0. The second-order valence-corrected chi connectivity index (χ2v) is 5.96. The van der Waals surface area contributed by atoms with Crippen LogP contribution in [-0.2, 0) is 12.8 Å². The van der Waals surface area contributed by atoms with Crippen molar-refractivity contribution in [2.75, 3.05) is 0 Å². The van der Waals surface area contributed by atoms with Crippen LogP contribution in [0.5, 0.6) is 0 Å². The van der Waals surface area contributed by atoms with Crippen LogP contribution in [0.15, 0.2) is 60.7 Å². The molecular weight excluding hydrogens is 264 g/mol. The van der Waals surface area contributed by atoms with E-state index in [-0.39, 0.29) is 0 Å². The van der Waals surface area contributed by atoms with E-state index in [0.717, 1.165) is 12.8 Å². The molecule has 4 aromatic carbocycles. The predicted molar refractivity (Wildman–Crippen MR) is 97.7 cm³/mol. The van der Waals surface area contributed by atoms with Gasteiger partial charge in [0.15, 0.2) is 0 Å². The minimum absolute atomic E-state index is 1.07. The third-order valence-electron chi connectivity index (χ3n) is 4.82. The van der Waals surface area contributed by atoms with Gasteiger partial charge in [0, 0.05) is 0 Å². The van der Waals surface area contributed by atoms with Crippen LogP contribution in [0.2, 0.25) is 0 Å². The monoisotopic (exact) mass is 284 g/mol. The van der Waals surface area contributed by atoms with E-state index >= 15 is 0 Å². The van der Waals surface area contributed by atoms with Gasteiger partial charge in [0.25, 0.3) is 0 Å². The molecule has 0 bridgehead atoms. The Kier molecular flexibility index (Phi) is 3.11. The third-order valence-corrected chi connectivity index (χ3v) is 4.82. The van der Waals surface area contributed by atoms with Crippen molar-refractivity contribution in [3.63, 3.8) is 0 Å². The van der Waals surface area contributed by atoms with E-state index in [2.05, 4.69) is 74.5 Å². The normalized spacial score (nSPS) is 11.5. The second-order valence-electron chi connectivity index (χ2n) is 5.96. The zero-order chi connectivity index (χ0) is 15.1. The lowest BCUT2D eigenvalue weighted by molar-refractivity contribution is 1.16.